The van der Waals surface area contributed by atoms with Gasteiger partial charge in [-0.15, -0.1) is 0 Å². The molecule has 1 aliphatic rings. The van der Waals surface area contributed by atoms with E-state index in [0.29, 0.717) is 19.4 Å². The van der Waals surface area contributed by atoms with Gasteiger partial charge in [0, 0.05) is 13.0 Å². The molecule has 0 radical (unpaired) electrons. The molecule has 1 saturated heterocycles. The Bertz CT molecular complexity index is 1260. The number of hydrogen-bond donors (Lipinski definition) is 6. The Balaban J connectivity index is 2.01. The van der Waals surface area contributed by atoms with Crippen LogP contribution in [0, 0.1) is 0 Å². The molecule has 1 aromatic rings. The van der Waals surface area contributed by atoms with Crippen molar-refractivity contribution < 1.29 is 44.0 Å². The molecule has 13 heteroatoms. The Morgan fingerprint density at radius 3 is 1.79 bits per heavy atom. The lowest BCUT2D eigenvalue weighted by Gasteiger charge is -2.47. The van der Waals surface area contributed by atoms with Gasteiger partial charge in [-0.25, -0.2) is 4.79 Å². The van der Waals surface area contributed by atoms with Crippen LogP contribution in [-0.4, -0.2) is 100 Å². The van der Waals surface area contributed by atoms with Gasteiger partial charge in [0.1, 0.15) is 37.0 Å². The quantitative estimate of drug-likeness (QED) is 0.0426. The fraction of sp³-hybridized carbons (Fsp3) is 0.778. The van der Waals surface area contributed by atoms with E-state index >= 15 is 0 Å². The van der Waals surface area contributed by atoms with Crippen LogP contribution in [-0.2, 0) is 30.5 Å². The Labute approximate surface area is 348 Å². The third-order valence-electron chi connectivity index (χ3n) is 11.0. The zero-order valence-corrected chi connectivity index (χ0v) is 36.0. The van der Waals surface area contributed by atoms with Crippen molar-refractivity contribution in [2.45, 2.75) is 205 Å². The molecule has 1 aliphatic heterocycles. The number of ether oxygens (including phenoxy) is 2. The first-order valence-corrected chi connectivity index (χ1v) is 22.6. The predicted molar refractivity (Wildman–Crippen MR) is 227 cm³/mol. The highest BCUT2D eigenvalue weighted by Crippen LogP contribution is 2.26. The molecule has 6 N–H and O–H groups in total. The second kappa shape index (κ2) is 31.6. The molecule has 1 fully saturated rings. The summed E-state index contributed by atoms with van der Waals surface area (Å²) in [4.78, 5) is 53.8. The van der Waals surface area contributed by atoms with Crippen molar-refractivity contribution in [3.8, 4) is 0 Å². The van der Waals surface area contributed by atoms with Gasteiger partial charge < -0.3 is 45.6 Å². The maximum Gasteiger partial charge on any atom is 0.408 e. The van der Waals surface area contributed by atoms with Crippen molar-refractivity contribution in [1.82, 2.24) is 20.9 Å². The molecule has 0 unspecified atom stereocenters. The monoisotopic (exact) mass is 819 g/mol. The lowest BCUT2D eigenvalue weighted by atomic mass is 9.94. The Morgan fingerprint density at radius 1 is 0.741 bits per heavy atom. The second-order valence-corrected chi connectivity index (χ2v) is 16.0. The summed E-state index contributed by atoms with van der Waals surface area (Å²) in [6, 6.07) is 6.82. The van der Waals surface area contributed by atoms with Gasteiger partial charge in [-0.05, 0) is 25.3 Å². The first kappa shape index (κ1) is 50.9. The van der Waals surface area contributed by atoms with Crippen molar-refractivity contribution in [2.24, 2.45) is 0 Å². The smallest absolute Gasteiger partial charge is 0.408 e. The molecule has 58 heavy (non-hydrogen) atoms. The van der Waals surface area contributed by atoms with Gasteiger partial charge in [0.15, 0.2) is 6.23 Å². The van der Waals surface area contributed by atoms with Gasteiger partial charge in [0.25, 0.3) is 0 Å². The van der Waals surface area contributed by atoms with Gasteiger partial charge in [-0.2, -0.15) is 0 Å². The summed E-state index contributed by atoms with van der Waals surface area (Å²) in [5.74, 6) is -1.52. The summed E-state index contributed by atoms with van der Waals surface area (Å²) in [6.07, 6.45) is 17.9. The molecule has 0 aliphatic carbocycles. The lowest BCUT2D eigenvalue weighted by Crippen LogP contribution is -2.69. The minimum Gasteiger partial charge on any atom is -0.445 e. The summed E-state index contributed by atoms with van der Waals surface area (Å²) in [5.41, 5.74) is 0.784. The average Bonchev–Trinajstić information content (AvgIpc) is 3.22. The number of rotatable bonds is 32. The minimum atomic E-state index is -1.57. The van der Waals surface area contributed by atoms with Gasteiger partial charge in [-0.1, -0.05) is 166 Å². The molecule has 0 spiro atoms. The van der Waals surface area contributed by atoms with Crippen molar-refractivity contribution in [3.05, 3.63) is 35.9 Å². The number of alkyl carbamates (subject to hydrolysis) is 1. The highest BCUT2D eigenvalue weighted by molar-refractivity contribution is 5.89. The molecule has 1 heterocycles. The van der Waals surface area contributed by atoms with E-state index in [1.54, 1.807) is 17.0 Å². The van der Waals surface area contributed by atoms with Crippen molar-refractivity contribution in [2.75, 3.05) is 19.7 Å². The molecule has 2 rings (SSSR count). The van der Waals surface area contributed by atoms with E-state index < -0.39 is 67.7 Å². The van der Waals surface area contributed by atoms with E-state index in [1.165, 1.54) is 90.4 Å². The van der Waals surface area contributed by atoms with Gasteiger partial charge in [0.05, 0.1) is 13.2 Å². The molecule has 0 aromatic heterocycles. The number of unbranched alkanes of at least 4 members (excludes halogenated alkanes) is 19. The SMILES string of the molecule is CCCCCCCCCCCCCCN(C(=O)CCCCCCCCCCC)[C@@H]1O[C@H](CO)[C@@H](O)[C@H](O)[C@H]1NC(=O)CNC(=O)[C@H](C)NC(=O)OCc1ccccc1. The van der Waals surface area contributed by atoms with Gasteiger partial charge in [-0.3, -0.25) is 14.4 Å². The first-order chi connectivity index (χ1) is 28.1. The number of carbonyl (C=O) groups excluding carboxylic acids is 4. The molecular formula is C45H78N4O9. The predicted octanol–water partition coefficient (Wildman–Crippen LogP) is 6.79. The van der Waals surface area contributed by atoms with Crippen LogP contribution in [0.3, 0.4) is 0 Å². The number of nitrogens with one attached hydrogen (secondary N) is 3. The minimum absolute atomic E-state index is 0.0252. The number of aliphatic hydroxyl groups excluding tert-OH is 3. The fourth-order valence-corrected chi connectivity index (χ4v) is 7.33. The summed E-state index contributed by atoms with van der Waals surface area (Å²) >= 11 is 0. The van der Waals surface area contributed by atoms with Crippen molar-refractivity contribution in [3.63, 3.8) is 0 Å². The number of hydrogen-bond acceptors (Lipinski definition) is 9. The van der Waals surface area contributed by atoms with E-state index in [0.717, 1.165) is 44.1 Å². The topological polar surface area (TPSA) is 187 Å². The number of aliphatic hydroxyl groups is 3. The zero-order valence-electron chi connectivity index (χ0n) is 36.0. The molecule has 4 amide bonds. The molecule has 13 nitrogen and oxygen atoms in total. The first-order valence-electron chi connectivity index (χ1n) is 22.6. The fourth-order valence-electron chi connectivity index (χ4n) is 7.33. The summed E-state index contributed by atoms with van der Waals surface area (Å²) in [6.45, 7) is 5.13. The third kappa shape index (κ3) is 21.1. The standard InChI is InChI=1S/C45H78N4O9/c1-4-6-8-10-12-14-15-16-18-20-22-27-31-49(39(52)30-26-21-19-17-13-11-9-7-5-2)44-40(42(54)41(53)37(33-50)58-44)48-38(51)32-46-43(55)35(3)47-45(56)57-34-36-28-24-23-25-29-36/h23-25,28-29,35,37,40-42,44,50,53-54H,4-22,26-27,30-34H2,1-3H3,(H,46,55)(H,47,56)(H,48,51)/t35-,37+,40+,41+,42+,44+/m0/s1. The largest absolute Gasteiger partial charge is 0.445 e. The third-order valence-corrected chi connectivity index (χ3v) is 11.0. The van der Waals surface area contributed by atoms with E-state index in [-0.39, 0.29) is 18.9 Å². The number of benzene rings is 1. The van der Waals surface area contributed by atoms with Crippen LogP contribution in [0.5, 0.6) is 0 Å². The summed E-state index contributed by atoms with van der Waals surface area (Å²) in [5, 5.41) is 39.7. The van der Waals surface area contributed by atoms with Gasteiger partial charge >= 0.3 is 6.09 Å². The van der Waals surface area contributed by atoms with Crippen LogP contribution < -0.4 is 16.0 Å². The zero-order chi connectivity index (χ0) is 42.4. The summed E-state index contributed by atoms with van der Waals surface area (Å²) < 4.78 is 11.3. The normalized spacial score (nSPS) is 19.6. The van der Waals surface area contributed by atoms with Crippen LogP contribution in [0.1, 0.15) is 168 Å². The molecule has 6 atom stereocenters. The molecule has 1 aromatic carbocycles. The van der Waals surface area contributed by atoms with Crippen LogP contribution in [0.15, 0.2) is 30.3 Å². The maximum atomic E-state index is 13.9. The average molecular weight is 819 g/mol. The highest BCUT2D eigenvalue weighted by atomic mass is 16.6. The van der Waals surface area contributed by atoms with Crippen LogP contribution in [0.25, 0.3) is 0 Å². The molecule has 0 bridgehead atoms. The van der Waals surface area contributed by atoms with E-state index in [9.17, 15) is 34.5 Å². The lowest BCUT2D eigenvalue weighted by molar-refractivity contribution is -0.231. The van der Waals surface area contributed by atoms with Crippen LogP contribution in [0.4, 0.5) is 4.79 Å². The van der Waals surface area contributed by atoms with Crippen LogP contribution >= 0.6 is 0 Å². The Morgan fingerprint density at radius 2 is 1.26 bits per heavy atom. The maximum absolute atomic E-state index is 13.9. The number of amides is 4. The Hall–Kier alpha value is -3.26. The van der Waals surface area contributed by atoms with E-state index in [1.807, 2.05) is 18.2 Å². The second-order valence-electron chi connectivity index (χ2n) is 16.0. The number of nitrogens with zero attached hydrogens (tertiary/aromatic N) is 1. The summed E-state index contributed by atoms with van der Waals surface area (Å²) in [7, 11) is 0. The van der Waals surface area contributed by atoms with E-state index in [4.69, 9.17) is 9.47 Å². The highest BCUT2D eigenvalue weighted by Gasteiger charge is 2.48. The van der Waals surface area contributed by atoms with Crippen LogP contribution in [0.2, 0.25) is 0 Å². The Kier molecular flexibility index (Phi) is 27.8. The van der Waals surface area contributed by atoms with Crippen molar-refractivity contribution in [1.29, 1.82) is 0 Å². The molecule has 0 saturated carbocycles. The van der Waals surface area contributed by atoms with E-state index in [2.05, 4.69) is 29.8 Å². The number of carbonyl (C=O) groups is 4. The van der Waals surface area contributed by atoms with Crippen molar-refractivity contribution >= 4 is 23.8 Å². The molecule has 332 valence electrons. The molecular weight excluding hydrogens is 741 g/mol. The van der Waals surface area contributed by atoms with Gasteiger partial charge in [0.2, 0.25) is 17.7 Å².